The smallest absolute Gasteiger partial charge is 0.372 e. The van der Waals surface area contributed by atoms with Crippen molar-refractivity contribution in [3.05, 3.63) is 0 Å². The van der Waals surface area contributed by atoms with Crippen molar-refractivity contribution in [3.8, 4) is 0 Å². The standard InChI is InChI=1S/C21H48O6Si3/c1-16(2)22-28(19(7,8)9)25-29(20(10,11)12,23-17(3)4)27-30(26-28,21(13,14)15)24-18(5)6/h16-18H,1-15H3. The third kappa shape index (κ3) is 5.85. The highest BCUT2D eigenvalue weighted by Gasteiger charge is 2.77. The Bertz CT molecular complexity index is 486. The molecule has 0 aromatic carbocycles. The zero-order valence-electron chi connectivity index (χ0n) is 22.2. The van der Waals surface area contributed by atoms with Crippen LogP contribution in [0.15, 0.2) is 0 Å². The summed E-state index contributed by atoms with van der Waals surface area (Å²) in [6, 6.07) is 0. The molecule has 0 aromatic rings. The van der Waals surface area contributed by atoms with Gasteiger partial charge in [-0.25, -0.2) is 0 Å². The van der Waals surface area contributed by atoms with Gasteiger partial charge in [0.25, 0.3) is 0 Å². The molecule has 1 saturated heterocycles. The van der Waals surface area contributed by atoms with Gasteiger partial charge in [-0.05, 0) is 41.5 Å². The van der Waals surface area contributed by atoms with E-state index in [1.807, 2.05) is 41.5 Å². The van der Waals surface area contributed by atoms with Crippen molar-refractivity contribution in [1.82, 2.24) is 0 Å². The highest BCUT2D eigenvalue weighted by Crippen LogP contribution is 2.57. The van der Waals surface area contributed by atoms with Gasteiger partial charge >= 0.3 is 26.4 Å². The molecule has 0 radical (unpaired) electrons. The molecule has 0 aliphatic carbocycles. The van der Waals surface area contributed by atoms with Crippen LogP contribution in [-0.4, -0.2) is 44.7 Å². The number of rotatable bonds is 6. The molecule has 6 nitrogen and oxygen atoms in total. The number of hydrogen-bond acceptors (Lipinski definition) is 6. The van der Waals surface area contributed by atoms with E-state index in [4.69, 9.17) is 25.6 Å². The van der Waals surface area contributed by atoms with Gasteiger partial charge in [-0.1, -0.05) is 62.3 Å². The SMILES string of the molecule is CC(C)O[Si]1(C(C)(C)C)O[Si](OC(C)C)(C(C)(C)C)O[Si](OC(C)C)(C(C)(C)C)O1. The van der Waals surface area contributed by atoms with Gasteiger partial charge in [0.15, 0.2) is 0 Å². The molecule has 30 heavy (non-hydrogen) atoms. The first-order valence-corrected chi connectivity index (χ1v) is 16.4. The van der Waals surface area contributed by atoms with Gasteiger partial charge < -0.3 is 25.6 Å². The Hall–Kier alpha value is 0.411. The molecule has 1 heterocycles. The van der Waals surface area contributed by atoms with Crippen LogP contribution in [0.2, 0.25) is 15.1 Å². The molecule has 0 saturated carbocycles. The largest absolute Gasteiger partial charge is 0.492 e. The summed E-state index contributed by atoms with van der Waals surface area (Å²) in [7, 11) is -9.97. The van der Waals surface area contributed by atoms with E-state index in [0.29, 0.717) is 0 Å². The minimum Gasteiger partial charge on any atom is -0.372 e. The maximum Gasteiger partial charge on any atom is 0.492 e. The fraction of sp³-hybridized carbons (Fsp3) is 1.00. The second kappa shape index (κ2) is 8.98. The molecule has 9 heteroatoms. The zero-order valence-corrected chi connectivity index (χ0v) is 25.2. The summed E-state index contributed by atoms with van der Waals surface area (Å²) in [5.74, 6) is 0. The maximum absolute atomic E-state index is 6.99. The van der Waals surface area contributed by atoms with Gasteiger partial charge in [-0.3, -0.25) is 0 Å². The van der Waals surface area contributed by atoms with E-state index in [1.165, 1.54) is 0 Å². The lowest BCUT2D eigenvalue weighted by molar-refractivity contribution is -0.0393. The monoisotopic (exact) mass is 480 g/mol. The average Bonchev–Trinajstić information content (AvgIpc) is 2.40. The zero-order chi connectivity index (χ0) is 24.0. The molecule has 0 unspecified atom stereocenters. The van der Waals surface area contributed by atoms with Crippen molar-refractivity contribution >= 4 is 26.4 Å². The molecule has 0 amide bonds. The fourth-order valence-electron chi connectivity index (χ4n) is 3.12. The van der Waals surface area contributed by atoms with E-state index in [2.05, 4.69) is 62.3 Å². The molecule has 0 atom stereocenters. The van der Waals surface area contributed by atoms with Gasteiger partial charge in [-0.15, -0.1) is 0 Å². The van der Waals surface area contributed by atoms with Crippen LogP contribution in [0.3, 0.4) is 0 Å². The molecule has 1 rings (SSSR count). The first kappa shape index (κ1) is 28.4. The topological polar surface area (TPSA) is 55.4 Å². The van der Waals surface area contributed by atoms with E-state index in [1.54, 1.807) is 0 Å². The Morgan fingerprint density at radius 2 is 0.600 bits per heavy atom. The molecular weight excluding hydrogens is 432 g/mol. The second-order valence-corrected chi connectivity index (χ2v) is 23.2. The number of hydrogen-bond donors (Lipinski definition) is 0. The van der Waals surface area contributed by atoms with Crippen molar-refractivity contribution in [3.63, 3.8) is 0 Å². The van der Waals surface area contributed by atoms with E-state index in [9.17, 15) is 0 Å². The van der Waals surface area contributed by atoms with Crippen LogP contribution in [0.4, 0.5) is 0 Å². The Kier molecular flexibility index (Phi) is 8.52. The summed E-state index contributed by atoms with van der Waals surface area (Å²) < 4.78 is 40.9. The predicted molar refractivity (Wildman–Crippen MR) is 128 cm³/mol. The van der Waals surface area contributed by atoms with Crippen molar-refractivity contribution in [2.24, 2.45) is 0 Å². The van der Waals surface area contributed by atoms with Gasteiger partial charge in [0.05, 0.1) is 0 Å². The summed E-state index contributed by atoms with van der Waals surface area (Å²) in [4.78, 5) is 0. The first-order chi connectivity index (χ1) is 13.1. The lowest BCUT2D eigenvalue weighted by atomic mass is 10.3. The van der Waals surface area contributed by atoms with Crippen LogP contribution < -0.4 is 0 Å². The van der Waals surface area contributed by atoms with E-state index in [0.717, 1.165) is 0 Å². The predicted octanol–water partition coefficient (Wildman–Crippen LogP) is 6.54. The lowest BCUT2D eigenvalue weighted by Gasteiger charge is -2.59. The Labute approximate surface area is 189 Å². The van der Waals surface area contributed by atoms with Crippen LogP contribution in [0.25, 0.3) is 0 Å². The summed E-state index contributed by atoms with van der Waals surface area (Å²) >= 11 is 0. The van der Waals surface area contributed by atoms with Crippen molar-refractivity contribution < 1.29 is 25.6 Å². The van der Waals surface area contributed by atoms with Crippen molar-refractivity contribution in [2.75, 3.05) is 0 Å². The van der Waals surface area contributed by atoms with Crippen molar-refractivity contribution in [1.29, 1.82) is 0 Å². The average molecular weight is 481 g/mol. The minimum atomic E-state index is -3.32. The molecule has 0 N–H and O–H groups in total. The third-order valence-electron chi connectivity index (χ3n) is 4.73. The van der Waals surface area contributed by atoms with Gasteiger partial charge in [0.1, 0.15) is 0 Å². The molecule has 1 aliphatic rings. The van der Waals surface area contributed by atoms with Crippen LogP contribution in [0, 0.1) is 0 Å². The summed E-state index contributed by atoms with van der Waals surface area (Å²) in [5.41, 5.74) is 0. The molecule has 0 aromatic heterocycles. The van der Waals surface area contributed by atoms with E-state index >= 15 is 0 Å². The van der Waals surface area contributed by atoms with Crippen LogP contribution in [0.5, 0.6) is 0 Å². The fourth-order valence-corrected chi connectivity index (χ4v) is 20.4. The summed E-state index contributed by atoms with van der Waals surface area (Å²) in [6.07, 6.45) is -0.193. The van der Waals surface area contributed by atoms with Gasteiger partial charge in [0.2, 0.25) is 0 Å². The summed E-state index contributed by atoms with van der Waals surface area (Å²) in [6.45, 7) is 31.3. The second-order valence-electron chi connectivity index (χ2n) is 12.2. The molecule has 1 fully saturated rings. The summed E-state index contributed by atoms with van der Waals surface area (Å²) in [5, 5.41) is -1.14. The first-order valence-electron chi connectivity index (χ1n) is 11.3. The Morgan fingerprint density at radius 3 is 0.700 bits per heavy atom. The van der Waals surface area contributed by atoms with Gasteiger partial charge in [-0.2, -0.15) is 0 Å². The highest BCUT2D eigenvalue weighted by molar-refractivity contribution is 6.91. The minimum absolute atomic E-state index is 0.0644. The van der Waals surface area contributed by atoms with Crippen molar-refractivity contribution in [2.45, 2.75) is 137 Å². The van der Waals surface area contributed by atoms with Crippen LogP contribution in [-0.2, 0) is 25.6 Å². The molecule has 0 bridgehead atoms. The molecule has 180 valence electrons. The normalized spacial score (nSPS) is 31.8. The van der Waals surface area contributed by atoms with E-state index in [-0.39, 0.29) is 33.4 Å². The Balaban J connectivity index is 3.94. The van der Waals surface area contributed by atoms with Crippen LogP contribution in [0.1, 0.15) is 104 Å². The molecule has 1 aliphatic heterocycles. The maximum atomic E-state index is 6.99. The molecule has 0 spiro atoms. The lowest BCUT2D eigenvalue weighted by Crippen LogP contribution is -2.80. The van der Waals surface area contributed by atoms with Gasteiger partial charge in [0, 0.05) is 33.4 Å². The highest BCUT2D eigenvalue weighted by atomic mass is 28.5. The van der Waals surface area contributed by atoms with E-state index < -0.39 is 26.4 Å². The van der Waals surface area contributed by atoms with Crippen LogP contribution >= 0.6 is 0 Å². The quantitative estimate of drug-likeness (QED) is 0.402. The Morgan fingerprint density at radius 1 is 0.433 bits per heavy atom. The molecular formula is C21H48O6Si3. The third-order valence-corrected chi connectivity index (χ3v) is 19.0.